The second-order valence-electron chi connectivity index (χ2n) is 7.89. The van der Waals surface area contributed by atoms with Crippen LogP contribution < -0.4 is 9.62 Å². The number of urea groups is 1. The Kier molecular flexibility index (Phi) is 5.69. The molecule has 1 aromatic heterocycles. The molecule has 2 fully saturated rings. The molecule has 0 saturated carbocycles. The third-order valence-electron chi connectivity index (χ3n) is 5.67. The van der Waals surface area contributed by atoms with E-state index in [9.17, 15) is 31.2 Å². The minimum Gasteiger partial charge on any atom is -0.312 e. The second kappa shape index (κ2) is 7.99. The third kappa shape index (κ3) is 4.08. The quantitative estimate of drug-likeness (QED) is 0.643. The first-order chi connectivity index (χ1) is 15.3. The van der Waals surface area contributed by atoms with Crippen molar-refractivity contribution in [3.8, 4) is 0 Å². The summed E-state index contributed by atoms with van der Waals surface area (Å²) in [7, 11) is -2.57. The number of nitrogens with one attached hydrogen (secondary N) is 1. The number of anilines is 1. The Morgan fingerprint density at radius 3 is 2.55 bits per heavy atom. The van der Waals surface area contributed by atoms with Gasteiger partial charge >= 0.3 is 12.2 Å². The minimum atomic E-state index is -4.63. The van der Waals surface area contributed by atoms with Crippen LogP contribution in [0.15, 0.2) is 29.2 Å². The maximum atomic E-state index is 13.1. The molecule has 0 spiro atoms. The van der Waals surface area contributed by atoms with Gasteiger partial charge in [-0.05, 0) is 38.0 Å². The summed E-state index contributed by atoms with van der Waals surface area (Å²) in [5.74, 6) is -0.709. The van der Waals surface area contributed by atoms with Gasteiger partial charge in [-0.25, -0.2) is 22.8 Å². The number of piperidine rings is 1. The number of nitrogens with zero attached hydrogens (tertiary/aromatic N) is 4. The summed E-state index contributed by atoms with van der Waals surface area (Å²) in [6.07, 6.45) is -4.46. The van der Waals surface area contributed by atoms with Crippen molar-refractivity contribution in [3.05, 3.63) is 40.7 Å². The Balaban J connectivity index is 1.55. The summed E-state index contributed by atoms with van der Waals surface area (Å²) in [5.41, 5.74) is -0.973. The van der Waals surface area contributed by atoms with Gasteiger partial charge < -0.3 is 4.90 Å². The average Bonchev–Trinajstić information content (AvgIpc) is 3.12. The minimum absolute atomic E-state index is 0.0316. The van der Waals surface area contributed by atoms with Crippen molar-refractivity contribution in [2.45, 2.75) is 42.9 Å². The maximum absolute atomic E-state index is 13.1. The fraction of sp³-hybridized carbons (Fsp3) is 0.421. The second-order valence-corrected chi connectivity index (χ2v) is 9.89. The summed E-state index contributed by atoms with van der Waals surface area (Å²) in [4.78, 5) is 27.6. The molecule has 2 aliphatic rings. The number of amides is 3. The van der Waals surface area contributed by atoms with E-state index in [1.807, 2.05) is 0 Å². The van der Waals surface area contributed by atoms with E-state index >= 15 is 0 Å². The topological polar surface area (TPSA) is 105 Å². The monoisotopic (exact) mass is 505 g/mol. The summed E-state index contributed by atoms with van der Waals surface area (Å²) in [6, 6.07) is 1.52. The zero-order valence-electron chi connectivity index (χ0n) is 17.4. The van der Waals surface area contributed by atoms with Crippen LogP contribution in [0.4, 0.5) is 23.7 Å². The van der Waals surface area contributed by atoms with E-state index in [1.165, 1.54) is 29.6 Å². The molecule has 0 unspecified atom stereocenters. The Morgan fingerprint density at radius 1 is 1.24 bits per heavy atom. The number of alkyl halides is 3. The maximum Gasteiger partial charge on any atom is 0.416 e. The number of aryl methyl sites for hydroxylation is 2. The lowest BCUT2D eigenvalue weighted by molar-refractivity contribution is -0.137. The standard InChI is InChI=1S/C19H19ClF3N5O4S/c1-10-15(16(20)26(2)24-10)33(31,32)25-12-6-7-27-14(9-12)17(29)28(18(27)30)13-5-3-4-11(8-13)19(21,22)23/h3-5,8,12,14,25H,6-7,9H2,1-2H3/t12-,14-/m0/s1. The summed E-state index contributed by atoms with van der Waals surface area (Å²) in [5, 5.41) is 3.92. The number of hydrogen-bond donors (Lipinski definition) is 1. The molecule has 1 N–H and O–H groups in total. The first kappa shape index (κ1) is 23.5. The number of fused-ring (bicyclic) bond motifs is 1. The molecule has 1 aromatic carbocycles. The number of rotatable bonds is 4. The highest BCUT2D eigenvalue weighted by Gasteiger charge is 2.49. The van der Waals surface area contributed by atoms with Crippen LogP contribution in [0.2, 0.25) is 5.15 Å². The van der Waals surface area contributed by atoms with Crippen molar-refractivity contribution < 1.29 is 31.2 Å². The van der Waals surface area contributed by atoms with Crippen LogP contribution in [0, 0.1) is 6.92 Å². The summed E-state index contributed by atoms with van der Waals surface area (Å²) in [6.45, 7) is 1.55. The molecular weight excluding hydrogens is 487 g/mol. The molecule has 2 atom stereocenters. The highest BCUT2D eigenvalue weighted by atomic mass is 35.5. The number of sulfonamides is 1. The Morgan fingerprint density at radius 2 is 1.94 bits per heavy atom. The highest BCUT2D eigenvalue weighted by molar-refractivity contribution is 7.89. The van der Waals surface area contributed by atoms with Gasteiger partial charge in [-0.2, -0.15) is 18.3 Å². The molecule has 0 radical (unpaired) electrons. The normalized spacial score (nSPS) is 21.6. The third-order valence-corrected chi connectivity index (χ3v) is 7.88. The van der Waals surface area contributed by atoms with Crippen molar-refractivity contribution in [1.29, 1.82) is 0 Å². The fourth-order valence-electron chi connectivity index (χ4n) is 4.16. The molecule has 3 amide bonds. The lowest BCUT2D eigenvalue weighted by atomic mass is 9.99. The molecule has 2 aliphatic heterocycles. The molecule has 178 valence electrons. The first-order valence-electron chi connectivity index (χ1n) is 9.84. The van der Waals surface area contributed by atoms with Gasteiger partial charge in [0.1, 0.15) is 16.1 Å². The molecule has 14 heteroatoms. The first-order valence-corrected chi connectivity index (χ1v) is 11.7. The molecule has 9 nitrogen and oxygen atoms in total. The fourth-order valence-corrected chi connectivity index (χ4v) is 6.19. The van der Waals surface area contributed by atoms with E-state index in [-0.39, 0.29) is 40.8 Å². The predicted molar refractivity (Wildman–Crippen MR) is 111 cm³/mol. The van der Waals surface area contributed by atoms with Crippen LogP contribution in [-0.2, 0) is 28.0 Å². The molecule has 4 rings (SSSR count). The van der Waals surface area contributed by atoms with E-state index in [2.05, 4.69) is 9.82 Å². The van der Waals surface area contributed by atoms with Gasteiger partial charge in [0.05, 0.1) is 16.9 Å². The van der Waals surface area contributed by atoms with Crippen LogP contribution in [0.3, 0.4) is 0 Å². The number of carbonyl (C=O) groups is 2. The van der Waals surface area contributed by atoms with Crippen LogP contribution in [-0.4, -0.2) is 53.7 Å². The number of benzene rings is 1. The van der Waals surface area contributed by atoms with Gasteiger partial charge in [0.15, 0.2) is 0 Å². The number of hydrogen-bond acceptors (Lipinski definition) is 5. The van der Waals surface area contributed by atoms with Crippen LogP contribution in [0.5, 0.6) is 0 Å². The largest absolute Gasteiger partial charge is 0.416 e. The zero-order valence-corrected chi connectivity index (χ0v) is 19.0. The number of carbonyl (C=O) groups excluding carboxylic acids is 2. The van der Waals surface area contributed by atoms with Gasteiger partial charge in [0.25, 0.3) is 5.91 Å². The van der Waals surface area contributed by atoms with E-state index in [4.69, 9.17) is 11.6 Å². The van der Waals surface area contributed by atoms with Crippen LogP contribution >= 0.6 is 11.6 Å². The van der Waals surface area contributed by atoms with Gasteiger partial charge in [-0.3, -0.25) is 9.48 Å². The number of aromatic nitrogens is 2. The van der Waals surface area contributed by atoms with E-state index in [0.717, 1.165) is 18.2 Å². The molecule has 33 heavy (non-hydrogen) atoms. The van der Waals surface area contributed by atoms with E-state index < -0.39 is 45.8 Å². The van der Waals surface area contributed by atoms with Crippen molar-refractivity contribution in [2.24, 2.45) is 7.05 Å². The Bertz CT molecular complexity index is 1250. The van der Waals surface area contributed by atoms with Crippen LogP contribution in [0.1, 0.15) is 24.1 Å². The molecule has 0 bridgehead atoms. The molecule has 3 heterocycles. The number of imide groups is 1. The highest BCUT2D eigenvalue weighted by Crippen LogP contribution is 2.35. The van der Waals surface area contributed by atoms with Crippen molar-refractivity contribution in [1.82, 2.24) is 19.4 Å². The molecule has 2 saturated heterocycles. The van der Waals surface area contributed by atoms with Gasteiger partial charge in [0, 0.05) is 19.6 Å². The molecular formula is C19H19ClF3N5O4S. The smallest absolute Gasteiger partial charge is 0.312 e. The van der Waals surface area contributed by atoms with E-state index in [0.29, 0.717) is 4.90 Å². The summed E-state index contributed by atoms with van der Waals surface area (Å²) < 4.78 is 68.7. The van der Waals surface area contributed by atoms with Gasteiger partial charge in [-0.1, -0.05) is 17.7 Å². The van der Waals surface area contributed by atoms with Gasteiger partial charge in [0.2, 0.25) is 10.0 Å². The van der Waals surface area contributed by atoms with Gasteiger partial charge in [-0.15, -0.1) is 0 Å². The molecule has 2 aromatic rings. The van der Waals surface area contributed by atoms with Crippen molar-refractivity contribution in [3.63, 3.8) is 0 Å². The van der Waals surface area contributed by atoms with Crippen molar-refractivity contribution in [2.75, 3.05) is 11.4 Å². The SMILES string of the molecule is Cc1nn(C)c(Cl)c1S(=O)(=O)N[C@H]1CCN2C(=O)N(c3cccc(C(F)(F)F)c3)C(=O)[C@@H]2C1. The Hall–Kier alpha value is -2.64. The summed E-state index contributed by atoms with van der Waals surface area (Å²) >= 11 is 6.07. The number of halogens is 4. The molecule has 0 aliphatic carbocycles. The van der Waals surface area contributed by atoms with Crippen LogP contribution in [0.25, 0.3) is 0 Å². The van der Waals surface area contributed by atoms with E-state index in [1.54, 1.807) is 0 Å². The Labute approximate surface area is 192 Å². The lowest BCUT2D eigenvalue weighted by Gasteiger charge is -2.32. The van der Waals surface area contributed by atoms with Crippen molar-refractivity contribution >= 4 is 39.2 Å². The zero-order chi connectivity index (χ0) is 24.3. The lowest BCUT2D eigenvalue weighted by Crippen LogP contribution is -2.49. The predicted octanol–water partition coefficient (Wildman–Crippen LogP) is 2.68. The average molecular weight is 506 g/mol.